The van der Waals surface area contributed by atoms with E-state index in [0.717, 1.165) is 23.3 Å². The number of nitrogens with one attached hydrogen (secondary N) is 1. The number of aryl methyl sites for hydroxylation is 1. The Bertz CT molecular complexity index is 418. The molecule has 0 unspecified atom stereocenters. The first-order valence-corrected chi connectivity index (χ1v) is 4.24. The van der Waals surface area contributed by atoms with Crippen LogP contribution in [0.2, 0.25) is 0 Å². The fraction of sp³-hybridized carbons (Fsp3) is 0.333. The number of aromatic nitrogens is 3. The van der Waals surface area contributed by atoms with Gasteiger partial charge in [0, 0.05) is 19.8 Å². The molecule has 0 saturated heterocycles. The van der Waals surface area contributed by atoms with Crippen molar-refractivity contribution in [1.29, 1.82) is 0 Å². The van der Waals surface area contributed by atoms with Crippen molar-refractivity contribution in [3.8, 4) is 0 Å². The highest BCUT2D eigenvalue weighted by Crippen LogP contribution is 2.13. The molecular weight excluding hydrogens is 164 g/mol. The van der Waals surface area contributed by atoms with Crippen molar-refractivity contribution in [2.75, 3.05) is 7.05 Å². The van der Waals surface area contributed by atoms with Crippen molar-refractivity contribution in [1.82, 2.24) is 20.1 Å². The number of hydrogen-bond donors (Lipinski definition) is 1. The van der Waals surface area contributed by atoms with Crippen LogP contribution in [0.5, 0.6) is 0 Å². The van der Waals surface area contributed by atoms with Crippen molar-refractivity contribution in [2.45, 2.75) is 6.54 Å². The molecule has 0 bridgehead atoms. The molecule has 0 aliphatic carbocycles. The monoisotopic (exact) mass is 176 g/mol. The SMILES string of the molecule is CNCc1nn(C)c2cccnc12. The maximum Gasteiger partial charge on any atom is 0.113 e. The van der Waals surface area contributed by atoms with Crippen LogP contribution < -0.4 is 5.32 Å². The largest absolute Gasteiger partial charge is 0.314 e. The van der Waals surface area contributed by atoms with E-state index >= 15 is 0 Å². The Labute approximate surface area is 76.6 Å². The second kappa shape index (κ2) is 3.14. The van der Waals surface area contributed by atoms with Gasteiger partial charge in [-0.05, 0) is 19.2 Å². The first-order chi connectivity index (χ1) is 6.33. The van der Waals surface area contributed by atoms with E-state index < -0.39 is 0 Å². The highest BCUT2D eigenvalue weighted by Gasteiger charge is 2.06. The predicted octanol–water partition coefficient (Wildman–Crippen LogP) is 0.688. The third-order valence-electron chi connectivity index (χ3n) is 2.02. The summed E-state index contributed by atoms with van der Waals surface area (Å²) in [5.74, 6) is 0. The molecular formula is C9H12N4. The quantitative estimate of drug-likeness (QED) is 0.732. The first kappa shape index (κ1) is 8.19. The van der Waals surface area contributed by atoms with Crippen LogP contribution in [0.1, 0.15) is 5.69 Å². The molecule has 13 heavy (non-hydrogen) atoms. The van der Waals surface area contributed by atoms with Gasteiger partial charge in [0.05, 0.1) is 5.52 Å². The Kier molecular flexibility index (Phi) is 1.98. The third kappa shape index (κ3) is 1.29. The van der Waals surface area contributed by atoms with E-state index in [2.05, 4.69) is 15.4 Å². The van der Waals surface area contributed by atoms with Crippen LogP contribution in [0, 0.1) is 0 Å². The van der Waals surface area contributed by atoms with Gasteiger partial charge in [-0.3, -0.25) is 9.67 Å². The number of nitrogens with zero attached hydrogens (tertiary/aromatic N) is 3. The van der Waals surface area contributed by atoms with Gasteiger partial charge in [-0.1, -0.05) is 0 Å². The second-order valence-corrected chi connectivity index (χ2v) is 2.97. The van der Waals surface area contributed by atoms with Crippen LogP contribution in [0.25, 0.3) is 11.0 Å². The fourth-order valence-electron chi connectivity index (χ4n) is 1.45. The standard InChI is InChI=1S/C9H12N4/c1-10-6-7-9-8(13(2)12-7)4-3-5-11-9/h3-5,10H,6H2,1-2H3. The highest BCUT2D eigenvalue weighted by atomic mass is 15.3. The molecule has 0 atom stereocenters. The molecule has 2 aromatic heterocycles. The van der Waals surface area contributed by atoms with Crippen LogP contribution >= 0.6 is 0 Å². The van der Waals surface area contributed by atoms with E-state index in [9.17, 15) is 0 Å². The summed E-state index contributed by atoms with van der Waals surface area (Å²) in [6.45, 7) is 0.758. The third-order valence-corrected chi connectivity index (χ3v) is 2.02. The lowest BCUT2D eigenvalue weighted by atomic mass is 10.3. The lowest BCUT2D eigenvalue weighted by Crippen LogP contribution is -2.06. The maximum absolute atomic E-state index is 4.37. The first-order valence-electron chi connectivity index (χ1n) is 4.24. The topological polar surface area (TPSA) is 42.7 Å². The average molecular weight is 176 g/mol. The predicted molar refractivity (Wildman–Crippen MR) is 51.3 cm³/mol. The van der Waals surface area contributed by atoms with Gasteiger partial charge in [-0.15, -0.1) is 0 Å². The average Bonchev–Trinajstić information content (AvgIpc) is 2.46. The molecule has 0 saturated carbocycles. The summed E-state index contributed by atoms with van der Waals surface area (Å²) in [6, 6.07) is 3.95. The fourth-order valence-corrected chi connectivity index (χ4v) is 1.45. The minimum absolute atomic E-state index is 0.758. The highest BCUT2D eigenvalue weighted by molar-refractivity contribution is 5.77. The smallest absolute Gasteiger partial charge is 0.113 e. The molecule has 0 aromatic carbocycles. The molecule has 1 N–H and O–H groups in total. The van der Waals surface area contributed by atoms with Gasteiger partial charge in [0.1, 0.15) is 11.2 Å². The van der Waals surface area contributed by atoms with Crippen LogP contribution in [-0.4, -0.2) is 21.8 Å². The van der Waals surface area contributed by atoms with Gasteiger partial charge in [-0.2, -0.15) is 5.10 Å². The Balaban J connectivity index is 2.63. The number of hydrogen-bond acceptors (Lipinski definition) is 3. The molecule has 0 spiro atoms. The van der Waals surface area contributed by atoms with E-state index in [0.29, 0.717) is 0 Å². The summed E-state index contributed by atoms with van der Waals surface area (Å²) >= 11 is 0. The molecule has 4 heteroatoms. The molecule has 0 aliphatic heterocycles. The maximum atomic E-state index is 4.37. The summed E-state index contributed by atoms with van der Waals surface area (Å²) in [5, 5.41) is 7.44. The summed E-state index contributed by atoms with van der Waals surface area (Å²) in [7, 11) is 3.84. The van der Waals surface area contributed by atoms with Gasteiger partial charge >= 0.3 is 0 Å². The van der Waals surface area contributed by atoms with Gasteiger partial charge in [0.25, 0.3) is 0 Å². The van der Waals surface area contributed by atoms with Crippen LogP contribution in [0.4, 0.5) is 0 Å². The normalized spacial score (nSPS) is 10.9. The Hall–Kier alpha value is -1.42. The summed E-state index contributed by atoms with van der Waals surface area (Å²) in [4.78, 5) is 4.30. The van der Waals surface area contributed by atoms with E-state index in [-0.39, 0.29) is 0 Å². The number of rotatable bonds is 2. The van der Waals surface area contributed by atoms with E-state index in [1.807, 2.05) is 30.9 Å². The molecule has 0 aliphatic rings. The molecule has 2 aromatic rings. The summed E-state index contributed by atoms with van der Waals surface area (Å²) in [5.41, 5.74) is 3.06. The zero-order valence-electron chi connectivity index (χ0n) is 7.78. The van der Waals surface area contributed by atoms with E-state index in [1.165, 1.54) is 0 Å². The molecule has 0 amide bonds. The zero-order valence-corrected chi connectivity index (χ0v) is 7.78. The minimum Gasteiger partial charge on any atom is -0.314 e. The van der Waals surface area contributed by atoms with Crippen molar-refractivity contribution in [3.05, 3.63) is 24.0 Å². The van der Waals surface area contributed by atoms with Gasteiger partial charge < -0.3 is 5.32 Å². The van der Waals surface area contributed by atoms with Crippen molar-refractivity contribution in [3.63, 3.8) is 0 Å². The van der Waals surface area contributed by atoms with Gasteiger partial charge in [-0.25, -0.2) is 0 Å². The van der Waals surface area contributed by atoms with Crippen molar-refractivity contribution < 1.29 is 0 Å². The van der Waals surface area contributed by atoms with Gasteiger partial charge in [0.15, 0.2) is 0 Å². The van der Waals surface area contributed by atoms with Gasteiger partial charge in [0.2, 0.25) is 0 Å². The number of fused-ring (bicyclic) bond motifs is 1. The molecule has 68 valence electrons. The molecule has 0 fully saturated rings. The zero-order chi connectivity index (χ0) is 9.26. The van der Waals surface area contributed by atoms with Crippen LogP contribution in [-0.2, 0) is 13.6 Å². The molecule has 2 heterocycles. The summed E-state index contributed by atoms with van der Waals surface area (Å²) in [6.07, 6.45) is 1.79. The lowest BCUT2D eigenvalue weighted by molar-refractivity contribution is 0.726. The van der Waals surface area contributed by atoms with Crippen LogP contribution in [0.15, 0.2) is 18.3 Å². The van der Waals surface area contributed by atoms with Crippen molar-refractivity contribution >= 4 is 11.0 Å². The number of pyridine rings is 1. The van der Waals surface area contributed by atoms with E-state index in [1.54, 1.807) is 6.20 Å². The minimum atomic E-state index is 0.758. The molecule has 4 nitrogen and oxygen atoms in total. The molecule has 2 rings (SSSR count). The Morgan fingerprint density at radius 3 is 3.15 bits per heavy atom. The van der Waals surface area contributed by atoms with E-state index in [4.69, 9.17) is 0 Å². The Morgan fingerprint density at radius 1 is 1.54 bits per heavy atom. The van der Waals surface area contributed by atoms with Crippen molar-refractivity contribution in [2.24, 2.45) is 7.05 Å². The molecule has 0 radical (unpaired) electrons. The Morgan fingerprint density at radius 2 is 2.38 bits per heavy atom. The van der Waals surface area contributed by atoms with Crippen LogP contribution in [0.3, 0.4) is 0 Å². The summed E-state index contributed by atoms with van der Waals surface area (Å²) < 4.78 is 1.86. The second-order valence-electron chi connectivity index (χ2n) is 2.97. The lowest BCUT2D eigenvalue weighted by Gasteiger charge is -1.92.